The first-order chi connectivity index (χ1) is 8.88. The largest absolute Gasteiger partial charge is 0.416 e. The monoisotopic (exact) mass is 273 g/mol. The van der Waals surface area contributed by atoms with Gasteiger partial charge in [-0.3, -0.25) is 0 Å². The summed E-state index contributed by atoms with van der Waals surface area (Å²) < 4.78 is 37.8. The average Bonchev–Trinajstić information content (AvgIpc) is 3.19. The van der Waals surface area contributed by atoms with Crippen LogP contribution in [0.5, 0.6) is 0 Å². The van der Waals surface area contributed by atoms with Crippen LogP contribution in [0, 0.1) is 5.92 Å². The highest BCUT2D eigenvalue weighted by Gasteiger charge is 2.31. The Morgan fingerprint density at radius 1 is 1.37 bits per heavy atom. The summed E-state index contributed by atoms with van der Waals surface area (Å²) in [6.45, 7) is 2.22. The van der Waals surface area contributed by atoms with Crippen molar-refractivity contribution in [3.63, 3.8) is 0 Å². The van der Waals surface area contributed by atoms with E-state index < -0.39 is 17.8 Å². The Labute approximate surface area is 110 Å². The van der Waals surface area contributed by atoms with Crippen LogP contribution in [0.25, 0.3) is 0 Å². The maximum absolute atomic E-state index is 12.6. The Bertz CT molecular complexity index is 429. The molecular weight excluding hydrogens is 255 g/mol. The Balaban J connectivity index is 1.96. The minimum absolute atomic E-state index is 0.212. The number of aliphatic hydroxyl groups excluding tert-OH is 1. The molecule has 5 heteroatoms. The van der Waals surface area contributed by atoms with Gasteiger partial charge in [-0.15, -0.1) is 0 Å². The fourth-order valence-corrected chi connectivity index (χ4v) is 2.05. The summed E-state index contributed by atoms with van der Waals surface area (Å²) in [7, 11) is 0. The van der Waals surface area contributed by atoms with Crippen LogP contribution in [-0.4, -0.2) is 17.8 Å². The third-order valence-corrected chi connectivity index (χ3v) is 3.51. The van der Waals surface area contributed by atoms with E-state index in [0.29, 0.717) is 18.0 Å². The molecular formula is C14H18F3NO. The molecule has 0 bridgehead atoms. The lowest BCUT2D eigenvalue weighted by atomic mass is 10.0. The van der Waals surface area contributed by atoms with Gasteiger partial charge in [0, 0.05) is 12.6 Å². The highest BCUT2D eigenvalue weighted by atomic mass is 19.4. The quantitative estimate of drug-likeness (QED) is 0.864. The number of hydrogen-bond donors (Lipinski definition) is 2. The molecule has 1 aliphatic rings. The van der Waals surface area contributed by atoms with Gasteiger partial charge >= 0.3 is 6.18 Å². The Morgan fingerprint density at radius 3 is 2.63 bits per heavy atom. The van der Waals surface area contributed by atoms with E-state index in [1.165, 1.54) is 6.07 Å². The molecule has 2 N–H and O–H groups in total. The van der Waals surface area contributed by atoms with Gasteiger partial charge in [0.15, 0.2) is 0 Å². The number of rotatable bonds is 5. The lowest BCUT2D eigenvalue weighted by Crippen LogP contribution is -2.30. The van der Waals surface area contributed by atoms with Crippen LogP contribution in [0.15, 0.2) is 24.3 Å². The zero-order valence-corrected chi connectivity index (χ0v) is 10.7. The second-order valence-electron chi connectivity index (χ2n) is 5.16. The number of hydrogen-bond acceptors (Lipinski definition) is 2. The fraction of sp³-hybridized carbons (Fsp3) is 0.571. The van der Waals surface area contributed by atoms with E-state index in [2.05, 4.69) is 5.32 Å². The first-order valence-electron chi connectivity index (χ1n) is 6.46. The van der Waals surface area contributed by atoms with E-state index in [9.17, 15) is 18.3 Å². The average molecular weight is 273 g/mol. The van der Waals surface area contributed by atoms with Gasteiger partial charge in [0.2, 0.25) is 0 Å². The van der Waals surface area contributed by atoms with Crippen molar-refractivity contribution < 1.29 is 18.3 Å². The Morgan fingerprint density at radius 2 is 2.05 bits per heavy atom. The smallest absolute Gasteiger partial charge is 0.392 e. The molecule has 1 fully saturated rings. The highest BCUT2D eigenvalue weighted by Crippen LogP contribution is 2.33. The van der Waals surface area contributed by atoms with Gasteiger partial charge in [0.05, 0.1) is 11.7 Å². The molecule has 0 aromatic heterocycles. The van der Waals surface area contributed by atoms with E-state index in [-0.39, 0.29) is 6.04 Å². The minimum atomic E-state index is -4.32. The van der Waals surface area contributed by atoms with Crippen molar-refractivity contribution in [1.29, 1.82) is 0 Å². The summed E-state index contributed by atoms with van der Waals surface area (Å²) in [5.41, 5.74) is -0.0563. The molecule has 0 amide bonds. The van der Waals surface area contributed by atoms with Crippen LogP contribution in [0.4, 0.5) is 13.2 Å². The zero-order chi connectivity index (χ0) is 14.0. The molecule has 0 spiro atoms. The van der Waals surface area contributed by atoms with Crippen molar-refractivity contribution in [1.82, 2.24) is 5.32 Å². The molecule has 2 atom stereocenters. The second kappa shape index (κ2) is 5.51. The summed E-state index contributed by atoms with van der Waals surface area (Å²) in [6.07, 6.45) is -2.63. The lowest BCUT2D eigenvalue weighted by molar-refractivity contribution is -0.137. The molecule has 0 heterocycles. The molecule has 1 aliphatic carbocycles. The predicted molar refractivity (Wildman–Crippen MR) is 66.6 cm³/mol. The summed E-state index contributed by atoms with van der Waals surface area (Å²) in [5.74, 6) is 0.362. The predicted octanol–water partition coefficient (Wildman–Crippen LogP) is 3.13. The molecule has 2 nitrogen and oxygen atoms in total. The third kappa shape index (κ3) is 3.94. The van der Waals surface area contributed by atoms with Gasteiger partial charge in [0.1, 0.15) is 0 Å². The van der Waals surface area contributed by atoms with Gasteiger partial charge in [-0.2, -0.15) is 13.2 Å². The molecule has 19 heavy (non-hydrogen) atoms. The SMILES string of the molecule is CC(NCC(O)C1CC1)c1cccc(C(F)(F)F)c1. The molecule has 0 aliphatic heterocycles. The van der Waals surface area contributed by atoms with E-state index in [0.717, 1.165) is 25.0 Å². The van der Waals surface area contributed by atoms with Gasteiger partial charge < -0.3 is 10.4 Å². The van der Waals surface area contributed by atoms with E-state index in [1.807, 2.05) is 0 Å². The maximum Gasteiger partial charge on any atom is 0.416 e. The summed E-state index contributed by atoms with van der Waals surface area (Å²) >= 11 is 0. The molecule has 1 saturated carbocycles. The Hall–Kier alpha value is -1.07. The van der Waals surface area contributed by atoms with Crippen LogP contribution in [0.3, 0.4) is 0 Å². The Kier molecular flexibility index (Phi) is 4.16. The molecule has 0 radical (unpaired) electrons. The number of nitrogens with one attached hydrogen (secondary N) is 1. The van der Waals surface area contributed by atoms with Crippen molar-refractivity contribution >= 4 is 0 Å². The van der Waals surface area contributed by atoms with Crippen molar-refractivity contribution in [2.24, 2.45) is 5.92 Å². The standard InChI is InChI=1S/C14H18F3NO/c1-9(18-8-13(19)10-5-6-10)11-3-2-4-12(7-11)14(15,16)17/h2-4,7,9-10,13,18-19H,5-6,8H2,1H3. The van der Waals surface area contributed by atoms with Crippen molar-refractivity contribution in [3.8, 4) is 0 Å². The fourth-order valence-electron chi connectivity index (χ4n) is 2.05. The minimum Gasteiger partial charge on any atom is -0.392 e. The van der Waals surface area contributed by atoms with Crippen molar-refractivity contribution in [2.45, 2.75) is 38.1 Å². The zero-order valence-electron chi connectivity index (χ0n) is 10.7. The third-order valence-electron chi connectivity index (χ3n) is 3.51. The number of aliphatic hydroxyl groups is 1. The number of alkyl halides is 3. The maximum atomic E-state index is 12.6. The van der Waals surface area contributed by atoms with E-state index >= 15 is 0 Å². The van der Waals surface area contributed by atoms with Gasteiger partial charge in [-0.1, -0.05) is 12.1 Å². The van der Waals surface area contributed by atoms with Crippen molar-refractivity contribution in [3.05, 3.63) is 35.4 Å². The lowest BCUT2D eigenvalue weighted by Gasteiger charge is -2.18. The van der Waals surface area contributed by atoms with Crippen LogP contribution in [0.2, 0.25) is 0 Å². The molecule has 1 aromatic carbocycles. The molecule has 2 rings (SSSR count). The number of halogens is 3. The van der Waals surface area contributed by atoms with Crippen LogP contribution in [0.1, 0.15) is 36.9 Å². The molecule has 1 aromatic rings. The first kappa shape index (κ1) is 14.3. The van der Waals surface area contributed by atoms with Crippen LogP contribution in [-0.2, 0) is 6.18 Å². The molecule has 0 saturated heterocycles. The van der Waals surface area contributed by atoms with E-state index in [1.54, 1.807) is 13.0 Å². The number of benzene rings is 1. The molecule has 106 valence electrons. The van der Waals surface area contributed by atoms with Gasteiger partial charge in [-0.05, 0) is 43.4 Å². The van der Waals surface area contributed by atoms with Crippen LogP contribution < -0.4 is 5.32 Å². The summed E-state index contributed by atoms with van der Waals surface area (Å²) in [5, 5.41) is 12.8. The normalized spacial score (nSPS) is 19.2. The summed E-state index contributed by atoms with van der Waals surface area (Å²) in [6, 6.07) is 5.08. The second-order valence-corrected chi connectivity index (χ2v) is 5.16. The topological polar surface area (TPSA) is 32.3 Å². The summed E-state index contributed by atoms with van der Waals surface area (Å²) in [4.78, 5) is 0. The van der Waals surface area contributed by atoms with Gasteiger partial charge in [0.25, 0.3) is 0 Å². The van der Waals surface area contributed by atoms with Crippen molar-refractivity contribution in [2.75, 3.05) is 6.54 Å². The van der Waals surface area contributed by atoms with Crippen LogP contribution >= 0.6 is 0 Å². The van der Waals surface area contributed by atoms with Gasteiger partial charge in [-0.25, -0.2) is 0 Å². The highest BCUT2D eigenvalue weighted by molar-refractivity contribution is 5.27. The molecule has 2 unspecified atom stereocenters. The first-order valence-corrected chi connectivity index (χ1v) is 6.46. The van der Waals surface area contributed by atoms with E-state index in [4.69, 9.17) is 0 Å².